The average molecular weight is 1110 g/mol. The van der Waals surface area contributed by atoms with E-state index < -0.39 is 11.9 Å². The Hall–Kier alpha value is -5.39. The first kappa shape index (κ1) is 65.1. The van der Waals surface area contributed by atoms with Crippen LogP contribution in [0.25, 0.3) is 0 Å². The molecule has 4 N–H and O–H groups in total. The minimum absolute atomic E-state index is 0. The molecule has 2 saturated heterocycles. The standard InChI is InChI=1S/C60H90N8O2.C2H2O4.CH3.Cr/c1-57(2,3)47-35-45(53(69)49(39-47)59(7,8)9)41-61-51-37-43(23-15-17-27-65-31-21-33-67-29-19-25-63(13)55(65)67)44(24-16-18-28-66-32-22-34-68-30-20-26-64(14)56(66)68)38-52(51)62-42-46-36-48(58(4,5)6)40-50(54(46)70)60(10,11)12;3-1(4)2(5)6;;/h35-42H,15-34H2,1-14H3;(H,3,4)(H,5,6);1H3;/q;;-1;/p+2. The molecule has 2 fully saturated rings. The van der Waals surface area contributed by atoms with E-state index in [0.29, 0.717) is 11.1 Å². The van der Waals surface area contributed by atoms with Crippen LogP contribution in [0.5, 0.6) is 11.5 Å². The molecule has 0 bridgehead atoms. The monoisotopic (exact) mass is 1110 g/mol. The molecule has 0 atom stereocenters. The first-order chi connectivity index (χ1) is 35.5. The number of hydrogen-bond donors (Lipinski definition) is 4. The molecular weight excluding hydrogens is 1020 g/mol. The number of carboxylic acids is 2. The third-order valence-electron chi connectivity index (χ3n) is 15.4. The number of rotatable bonds is 14. The second-order valence-electron chi connectivity index (χ2n) is 25.9. The van der Waals surface area contributed by atoms with Crippen LogP contribution in [0.15, 0.2) is 46.4 Å². The fourth-order valence-corrected chi connectivity index (χ4v) is 11.1. The van der Waals surface area contributed by atoms with Gasteiger partial charge in [-0.2, -0.15) is 0 Å². The van der Waals surface area contributed by atoms with Gasteiger partial charge in [-0.1, -0.05) is 95.2 Å². The van der Waals surface area contributed by atoms with Crippen molar-refractivity contribution in [3.8, 4) is 11.5 Å². The second kappa shape index (κ2) is 27.2. The summed E-state index contributed by atoms with van der Waals surface area (Å²) in [5, 5.41) is 38.6. The van der Waals surface area contributed by atoms with Gasteiger partial charge in [-0.05, 0) is 107 Å². The number of carbonyl (C=O) groups is 2. The number of aryl methyl sites for hydroxylation is 2. The molecule has 0 unspecified atom stereocenters. The molecule has 15 heteroatoms. The van der Waals surface area contributed by atoms with Crippen LogP contribution in [0.4, 0.5) is 11.4 Å². The largest absolute Gasteiger partial charge is 0.507 e. The average Bonchev–Trinajstić information content (AvgIpc) is 3.33. The maximum atomic E-state index is 11.9. The molecule has 7 rings (SSSR count). The minimum Gasteiger partial charge on any atom is -0.507 e. The number of aromatic hydroxyl groups is 2. The van der Waals surface area contributed by atoms with Crippen molar-refractivity contribution in [3.63, 3.8) is 0 Å². The van der Waals surface area contributed by atoms with Crippen LogP contribution in [0.3, 0.4) is 0 Å². The summed E-state index contributed by atoms with van der Waals surface area (Å²) in [6.45, 7) is 37.6. The van der Waals surface area contributed by atoms with Gasteiger partial charge < -0.3 is 27.9 Å². The SMILES string of the molecule is C[N+]1=C2N(CCCCc3cc(N=Cc4cc(C(C)(C)C)cc(C(C)(C)C)c4O)c(N=Cc4cc(C(C)(C)C)cc(C(C)(C)C)c4O)cc3CCCCN3CCCN4CCC[N+](C)=C34)CCCN2CCC1.O=C(O)C(=O)O.[CH3-].[Cr]. The van der Waals surface area contributed by atoms with E-state index in [1.165, 1.54) is 74.9 Å². The van der Waals surface area contributed by atoms with Crippen molar-refractivity contribution in [2.24, 2.45) is 9.98 Å². The number of nitrogens with zero attached hydrogens (tertiary/aromatic N) is 8. The number of benzene rings is 3. The number of guanidine groups is 2. The summed E-state index contributed by atoms with van der Waals surface area (Å²) in [5.74, 6) is -0.249. The maximum absolute atomic E-state index is 11.9. The Morgan fingerprint density at radius 1 is 0.526 bits per heavy atom. The minimum atomic E-state index is -1.82. The molecule has 0 saturated carbocycles. The Kier molecular flexibility index (Phi) is 22.7. The van der Waals surface area contributed by atoms with E-state index >= 15 is 0 Å². The van der Waals surface area contributed by atoms with Crippen LogP contribution in [0.2, 0.25) is 0 Å². The number of phenolic OH excluding ortho intramolecular Hbond substituents is 2. The van der Waals surface area contributed by atoms with Gasteiger partial charge in [0.2, 0.25) is 0 Å². The van der Waals surface area contributed by atoms with E-state index in [0.717, 1.165) is 111 Å². The Bertz CT molecular complexity index is 2520. The summed E-state index contributed by atoms with van der Waals surface area (Å²) in [6, 6.07) is 13.1. The first-order valence-corrected chi connectivity index (χ1v) is 28.2. The van der Waals surface area contributed by atoms with Gasteiger partial charge in [0.05, 0.1) is 90.9 Å². The fraction of sp³-hybridized carbons (Fsp3) is 0.603. The van der Waals surface area contributed by atoms with Crippen molar-refractivity contribution >= 4 is 47.7 Å². The van der Waals surface area contributed by atoms with E-state index in [1.54, 1.807) is 0 Å². The zero-order valence-electron chi connectivity index (χ0n) is 50.4. The molecule has 14 nitrogen and oxygen atoms in total. The zero-order valence-corrected chi connectivity index (χ0v) is 51.6. The quantitative estimate of drug-likeness (QED) is 0.0403. The van der Waals surface area contributed by atoms with Crippen molar-refractivity contribution < 1.29 is 56.5 Å². The van der Waals surface area contributed by atoms with Crippen LogP contribution in [-0.2, 0) is 61.5 Å². The Labute approximate surface area is 479 Å². The summed E-state index contributed by atoms with van der Waals surface area (Å²) in [5.41, 5.74) is 9.01. The second-order valence-corrected chi connectivity index (χ2v) is 25.9. The van der Waals surface area contributed by atoms with Crippen molar-refractivity contribution in [2.75, 3.05) is 79.5 Å². The predicted octanol–water partition coefficient (Wildman–Crippen LogP) is 10.9. The van der Waals surface area contributed by atoms with Crippen LogP contribution in [-0.4, -0.2) is 165 Å². The molecule has 0 aromatic heterocycles. The molecule has 0 spiro atoms. The van der Waals surface area contributed by atoms with Crippen LogP contribution in [0.1, 0.15) is 179 Å². The molecule has 4 aliphatic rings. The Balaban J connectivity index is 0.00000155. The smallest absolute Gasteiger partial charge is 0.414 e. The van der Waals surface area contributed by atoms with Gasteiger partial charge in [0.25, 0.3) is 0 Å². The normalized spacial score (nSPS) is 16.4. The first-order valence-electron chi connectivity index (χ1n) is 28.2. The number of aliphatic imine (C=N–C) groups is 2. The fourth-order valence-electron chi connectivity index (χ4n) is 11.1. The number of phenols is 2. The number of fused-ring (bicyclic) bond motifs is 2. The zero-order chi connectivity index (χ0) is 55.9. The van der Waals surface area contributed by atoms with Crippen molar-refractivity contribution in [1.82, 2.24) is 19.6 Å². The van der Waals surface area contributed by atoms with E-state index in [-0.39, 0.29) is 57.9 Å². The van der Waals surface area contributed by atoms with Gasteiger partial charge in [0, 0.05) is 77.7 Å². The number of hydrogen-bond acceptors (Lipinski definition) is 10. The van der Waals surface area contributed by atoms with Crippen molar-refractivity contribution in [2.45, 2.75) is 169 Å². The summed E-state index contributed by atoms with van der Waals surface area (Å²) < 4.78 is 4.94. The Morgan fingerprint density at radius 3 is 1.19 bits per heavy atom. The molecule has 3 aromatic carbocycles. The van der Waals surface area contributed by atoms with Gasteiger partial charge in [-0.15, -0.1) is 0 Å². The summed E-state index contributed by atoms with van der Waals surface area (Å²) in [6.07, 6.45) is 14.9. The Morgan fingerprint density at radius 2 is 0.872 bits per heavy atom. The maximum Gasteiger partial charge on any atom is 0.414 e. The van der Waals surface area contributed by atoms with Gasteiger partial charge in [0.1, 0.15) is 11.5 Å². The van der Waals surface area contributed by atoms with Crippen molar-refractivity contribution in [1.29, 1.82) is 0 Å². The summed E-state index contributed by atoms with van der Waals surface area (Å²) >= 11 is 0. The molecule has 78 heavy (non-hydrogen) atoms. The summed E-state index contributed by atoms with van der Waals surface area (Å²) in [7, 11) is 4.53. The number of aliphatic carboxylic acids is 2. The van der Waals surface area contributed by atoms with Gasteiger partial charge >= 0.3 is 23.9 Å². The van der Waals surface area contributed by atoms with Crippen molar-refractivity contribution in [3.05, 3.63) is 88.3 Å². The third-order valence-corrected chi connectivity index (χ3v) is 15.4. The number of carboxylic acid groups (broad SMARTS) is 2. The van der Waals surface area contributed by atoms with Crippen LogP contribution in [0, 0.1) is 7.43 Å². The van der Waals surface area contributed by atoms with Crippen LogP contribution >= 0.6 is 0 Å². The molecule has 0 amide bonds. The third kappa shape index (κ3) is 16.8. The molecule has 3 aromatic rings. The summed E-state index contributed by atoms with van der Waals surface area (Å²) in [4.78, 5) is 39.3. The molecule has 4 aliphatic heterocycles. The van der Waals surface area contributed by atoms with E-state index in [2.05, 4.69) is 162 Å². The van der Waals surface area contributed by atoms with Gasteiger partial charge in [0.15, 0.2) is 0 Å². The van der Waals surface area contributed by atoms with E-state index in [1.807, 2.05) is 12.4 Å². The molecule has 430 valence electrons. The van der Waals surface area contributed by atoms with Crippen LogP contribution < -0.4 is 0 Å². The predicted molar refractivity (Wildman–Crippen MR) is 316 cm³/mol. The topological polar surface area (TPSA) is 159 Å². The molecule has 4 heterocycles. The van der Waals surface area contributed by atoms with Gasteiger partial charge in [-0.25, -0.2) is 9.59 Å². The molecule has 0 aliphatic carbocycles. The number of unbranched alkanes of at least 4 members (excludes halogenated alkanes) is 2. The van der Waals surface area contributed by atoms with Gasteiger partial charge in [-0.3, -0.25) is 38.7 Å². The van der Waals surface area contributed by atoms with E-state index in [9.17, 15) is 10.2 Å². The van der Waals surface area contributed by atoms with E-state index in [4.69, 9.17) is 29.8 Å². The molecular formula is C63H97CrN8O6+. The molecule has 0 radical (unpaired) electrons.